The van der Waals surface area contributed by atoms with E-state index >= 15 is 0 Å². The quantitative estimate of drug-likeness (QED) is 0.561. The molecule has 1 heterocycles. The van der Waals surface area contributed by atoms with Crippen molar-refractivity contribution in [2.45, 2.75) is 0 Å². The molecule has 0 aliphatic carbocycles. The molecule has 1 rings (SSSR count). The van der Waals surface area contributed by atoms with E-state index in [4.69, 9.17) is 5.11 Å². The van der Waals surface area contributed by atoms with Gasteiger partial charge in [-0.3, -0.25) is 0 Å². The van der Waals surface area contributed by atoms with E-state index in [9.17, 15) is 4.79 Å². The number of carboxylic acid groups (broad SMARTS) is 1. The van der Waals surface area contributed by atoms with Gasteiger partial charge in [0.05, 0.1) is 11.8 Å². The normalized spacial score (nSPS) is 16.2. The molecule has 1 radical (unpaired) electrons. The Kier molecular flexibility index (Phi) is 1.53. The summed E-state index contributed by atoms with van der Waals surface area (Å²) in [5.41, 5.74) is 0.164. The van der Waals surface area contributed by atoms with E-state index in [-0.39, 0.29) is 5.57 Å². The number of allylic oxidation sites excluding steroid dienone is 2. The van der Waals surface area contributed by atoms with Gasteiger partial charge >= 0.3 is 5.97 Å². The molecule has 0 saturated heterocycles. The molecule has 0 bridgehead atoms. The number of hydrogen-bond acceptors (Lipinski definition) is 2. The summed E-state index contributed by atoms with van der Waals surface area (Å²) >= 11 is 0. The lowest BCUT2D eigenvalue weighted by Gasteiger charge is -2.02. The summed E-state index contributed by atoms with van der Waals surface area (Å²) in [5, 5.41) is 8.32. The van der Waals surface area contributed by atoms with Crippen LogP contribution in [0.1, 0.15) is 0 Å². The summed E-state index contributed by atoms with van der Waals surface area (Å²) < 4.78 is 4.59. The van der Waals surface area contributed by atoms with E-state index < -0.39 is 5.97 Å². The van der Waals surface area contributed by atoms with Crippen molar-refractivity contribution in [3.8, 4) is 0 Å². The molecule has 3 heteroatoms. The van der Waals surface area contributed by atoms with Crippen LogP contribution in [0.4, 0.5) is 0 Å². The number of carbonyl (C=O) groups is 1. The van der Waals surface area contributed by atoms with Crippen LogP contribution in [0.2, 0.25) is 0 Å². The summed E-state index contributed by atoms with van der Waals surface area (Å²) in [6, 6.07) is 0. The Morgan fingerprint density at radius 2 is 2.44 bits per heavy atom. The van der Waals surface area contributed by atoms with Crippen LogP contribution in [0.5, 0.6) is 0 Å². The minimum Gasteiger partial charge on any atom is -0.489 e. The van der Waals surface area contributed by atoms with Gasteiger partial charge in [-0.1, -0.05) is 0 Å². The fourth-order valence-corrected chi connectivity index (χ4v) is 0.462. The molecule has 0 amide bonds. The molecule has 1 aliphatic heterocycles. The maximum atomic E-state index is 10.1. The Morgan fingerprint density at radius 3 is 2.78 bits per heavy atom. The van der Waals surface area contributed by atoms with E-state index in [0.29, 0.717) is 0 Å². The first kappa shape index (κ1) is 5.88. The van der Waals surface area contributed by atoms with Gasteiger partial charge in [0.15, 0.2) is 6.61 Å². The van der Waals surface area contributed by atoms with Crippen LogP contribution in [-0.4, -0.2) is 11.1 Å². The Hall–Kier alpha value is -1.25. The highest BCUT2D eigenvalue weighted by Crippen LogP contribution is 2.06. The van der Waals surface area contributed by atoms with E-state index in [2.05, 4.69) is 4.74 Å². The highest BCUT2D eigenvalue weighted by atomic mass is 16.5. The van der Waals surface area contributed by atoms with Crippen LogP contribution in [0.15, 0.2) is 24.0 Å². The van der Waals surface area contributed by atoms with Crippen molar-refractivity contribution >= 4 is 5.97 Å². The summed E-state index contributed by atoms with van der Waals surface area (Å²) in [7, 11) is 0. The maximum Gasteiger partial charge on any atom is 0.335 e. The smallest absolute Gasteiger partial charge is 0.335 e. The zero-order valence-corrected chi connectivity index (χ0v) is 4.57. The van der Waals surface area contributed by atoms with Crippen LogP contribution in [0.3, 0.4) is 0 Å². The first-order valence-electron chi connectivity index (χ1n) is 2.39. The van der Waals surface area contributed by atoms with Gasteiger partial charge in [-0.2, -0.15) is 0 Å². The summed E-state index contributed by atoms with van der Waals surface area (Å²) in [5.74, 6) is -0.973. The molecule has 0 fully saturated rings. The lowest BCUT2D eigenvalue weighted by Crippen LogP contribution is -2.03. The Morgan fingerprint density at radius 1 is 1.67 bits per heavy atom. The molecule has 47 valence electrons. The molecule has 0 aromatic carbocycles. The number of carboxylic acids is 1. The lowest BCUT2D eigenvalue weighted by molar-refractivity contribution is -0.132. The standard InChI is InChI=1S/C6H5O3/c7-6(8)5-2-1-3-9-4-5/h1-4H,(H,7,8). The monoisotopic (exact) mass is 125 g/mol. The Bertz CT molecular complexity index is 179. The zero-order valence-electron chi connectivity index (χ0n) is 4.57. The molecule has 0 unspecified atom stereocenters. The average molecular weight is 125 g/mol. The molecule has 1 aliphatic rings. The van der Waals surface area contributed by atoms with Gasteiger partial charge in [-0.05, 0) is 12.2 Å². The highest BCUT2D eigenvalue weighted by Gasteiger charge is 2.08. The second kappa shape index (κ2) is 2.35. The first-order valence-corrected chi connectivity index (χ1v) is 2.39. The lowest BCUT2D eigenvalue weighted by atomic mass is 10.2. The summed E-state index contributed by atoms with van der Waals surface area (Å²) in [4.78, 5) is 10.1. The predicted molar refractivity (Wildman–Crippen MR) is 30.2 cm³/mol. The van der Waals surface area contributed by atoms with Gasteiger partial charge in [0.25, 0.3) is 0 Å². The van der Waals surface area contributed by atoms with Gasteiger partial charge in [0, 0.05) is 0 Å². The van der Waals surface area contributed by atoms with E-state index in [1.54, 1.807) is 0 Å². The van der Waals surface area contributed by atoms with Crippen LogP contribution in [0, 0.1) is 6.61 Å². The van der Waals surface area contributed by atoms with Crippen LogP contribution < -0.4 is 0 Å². The molecular weight excluding hydrogens is 120 g/mol. The second-order valence-electron chi connectivity index (χ2n) is 1.51. The summed E-state index contributed by atoms with van der Waals surface area (Å²) in [6.07, 6.45) is 4.40. The van der Waals surface area contributed by atoms with E-state index in [0.717, 1.165) is 0 Å². The molecule has 0 aromatic rings. The molecule has 3 nitrogen and oxygen atoms in total. The third-order valence-corrected chi connectivity index (χ3v) is 0.875. The molecule has 0 spiro atoms. The molecule has 0 aromatic heterocycles. The SMILES string of the molecule is O=C(O)C1=CC=CO[CH]1. The topological polar surface area (TPSA) is 46.5 Å². The number of ether oxygens (including phenoxy) is 1. The van der Waals surface area contributed by atoms with Crippen molar-refractivity contribution in [1.82, 2.24) is 0 Å². The molecule has 0 saturated carbocycles. The predicted octanol–water partition coefficient (Wildman–Crippen LogP) is 0.703. The largest absolute Gasteiger partial charge is 0.489 e. The second-order valence-corrected chi connectivity index (χ2v) is 1.51. The maximum absolute atomic E-state index is 10.1. The van der Waals surface area contributed by atoms with Gasteiger partial charge in [0.2, 0.25) is 0 Å². The number of rotatable bonds is 1. The van der Waals surface area contributed by atoms with Crippen LogP contribution in [-0.2, 0) is 9.53 Å². The number of aliphatic carboxylic acids is 1. The van der Waals surface area contributed by atoms with E-state index in [1.165, 1.54) is 25.0 Å². The van der Waals surface area contributed by atoms with Crippen molar-refractivity contribution in [3.05, 3.63) is 30.6 Å². The van der Waals surface area contributed by atoms with Crippen molar-refractivity contribution in [2.24, 2.45) is 0 Å². The van der Waals surface area contributed by atoms with Gasteiger partial charge in [0.1, 0.15) is 0 Å². The van der Waals surface area contributed by atoms with Gasteiger partial charge in [-0.25, -0.2) is 4.79 Å². The third kappa shape index (κ3) is 1.32. The molecule has 0 atom stereocenters. The Labute approximate surface area is 52.2 Å². The summed E-state index contributed by atoms with van der Waals surface area (Å²) in [6.45, 7) is 1.18. The minimum absolute atomic E-state index is 0.164. The highest BCUT2D eigenvalue weighted by molar-refractivity contribution is 5.89. The molecule has 9 heavy (non-hydrogen) atoms. The van der Waals surface area contributed by atoms with Crippen LogP contribution in [0.25, 0.3) is 0 Å². The van der Waals surface area contributed by atoms with Gasteiger partial charge < -0.3 is 9.84 Å². The fourth-order valence-electron chi connectivity index (χ4n) is 0.462. The Balaban J connectivity index is 2.68. The van der Waals surface area contributed by atoms with Gasteiger partial charge in [-0.15, -0.1) is 0 Å². The van der Waals surface area contributed by atoms with Crippen molar-refractivity contribution in [1.29, 1.82) is 0 Å². The molecular formula is C6H5O3. The van der Waals surface area contributed by atoms with Crippen LogP contribution >= 0.6 is 0 Å². The zero-order chi connectivity index (χ0) is 6.69. The van der Waals surface area contributed by atoms with E-state index in [1.807, 2.05) is 0 Å². The molecule has 1 N–H and O–H groups in total. The van der Waals surface area contributed by atoms with Crippen molar-refractivity contribution in [2.75, 3.05) is 0 Å². The van der Waals surface area contributed by atoms with Crippen molar-refractivity contribution < 1.29 is 14.6 Å². The fraction of sp³-hybridized carbons (Fsp3) is 0. The first-order chi connectivity index (χ1) is 4.30. The minimum atomic E-state index is -0.973. The van der Waals surface area contributed by atoms with Crippen molar-refractivity contribution in [3.63, 3.8) is 0 Å². The third-order valence-electron chi connectivity index (χ3n) is 0.875. The average Bonchev–Trinajstić information content (AvgIpc) is 1.90. The number of hydrogen-bond donors (Lipinski definition) is 1.